The van der Waals surface area contributed by atoms with Crippen molar-refractivity contribution in [3.05, 3.63) is 23.3 Å². The maximum Gasteiger partial charge on any atom is 0.226 e. The lowest BCUT2D eigenvalue weighted by Crippen LogP contribution is -2.77. The van der Waals surface area contributed by atoms with Gasteiger partial charge in [0.2, 0.25) is 5.91 Å². The normalized spacial score (nSPS) is 37.8. The number of likely N-dealkylation sites (tertiary alicyclic amines) is 1. The summed E-state index contributed by atoms with van der Waals surface area (Å²) in [6.07, 6.45) is 4.17. The number of rotatable bonds is 2. The van der Waals surface area contributed by atoms with E-state index in [0.717, 1.165) is 30.4 Å². The van der Waals surface area contributed by atoms with Gasteiger partial charge in [-0.3, -0.25) is 9.59 Å². The zero-order valence-corrected chi connectivity index (χ0v) is 16.1. The largest absolute Gasteiger partial charge is 0.493 e. The monoisotopic (exact) mass is 383 g/mol. The maximum atomic E-state index is 13.2. The third kappa shape index (κ3) is 1.70. The number of benzene rings is 1. The second kappa shape index (κ2) is 5.29. The van der Waals surface area contributed by atoms with Crippen molar-refractivity contribution in [3.8, 4) is 11.5 Å². The standard InChI is InChI=1S/C22H25NO5/c1-27-15-6-5-13-11-16-22(26)8-7-14(24)19-21(22,17(13)18(15)28-19)9-10-23(16)20(25)12-3-2-4-12/h5-6,12,16,19,26H,2-4,7-11H2,1H3/t16-,19+,21?,22-/m0/s1. The Morgan fingerprint density at radius 2 is 2.14 bits per heavy atom. The Labute approximate surface area is 163 Å². The minimum atomic E-state index is -1.13. The molecule has 6 heteroatoms. The number of hydrogen-bond donors (Lipinski definition) is 1. The van der Waals surface area contributed by atoms with Gasteiger partial charge in [-0.05, 0) is 43.7 Å². The fraction of sp³-hybridized carbons (Fsp3) is 0.636. The molecule has 148 valence electrons. The van der Waals surface area contributed by atoms with Crippen molar-refractivity contribution < 1.29 is 24.2 Å². The number of methoxy groups -OCH3 is 1. The summed E-state index contributed by atoms with van der Waals surface area (Å²) in [4.78, 5) is 28.0. The third-order valence-corrected chi connectivity index (χ3v) is 8.20. The molecule has 1 spiro atoms. The van der Waals surface area contributed by atoms with Crippen LogP contribution in [0.4, 0.5) is 0 Å². The molecule has 1 amide bonds. The third-order valence-electron chi connectivity index (χ3n) is 8.20. The van der Waals surface area contributed by atoms with Crippen LogP contribution in [0.1, 0.15) is 49.7 Å². The van der Waals surface area contributed by atoms with Gasteiger partial charge in [-0.2, -0.15) is 0 Å². The van der Waals surface area contributed by atoms with Crippen LogP contribution >= 0.6 is 0 Å². The van der Waals surface area contributed by atoms with Gasteiger partial charge >= 0.3 is 0 Å². The summed E-state index contributed by atoms with van der Waals surface area (Å²) in [6.45, 7) is 0.575. The molecule has 6 nitrogen and oxygen atoms in total. The van der Waals surface area contributed by atoms with Crippen LogP contribution in [0.3, 0.4) is 0 Å². The van der Waals surface area contributed by atoms with E-state index in [0.29, 0.717) is 37.3 Å². The van der Waals surface area contributed by atoms with Crippen molar-refractivity contribution >= 4 is 11.7 Å². The number of amides is 1. The smallest absolute Gasteiger partial charge is 0.226 e. The zero-order chi connectivity index (χ0) is 19.3. The number of nitrogens with zero attached hydrogens (tertiary/aromatic N) is 1. The summed E-state index contributed by atoms with van der Waals surface area (Å²) in [5.41, 5.74) is 0.141. The average Bonchev–Trinajstić information content (AvgIpc) is 2.98. The van der Waals surface area contributed by atoms with Gasteiger partial charge in [-0.1, -0.05) is 12.5 Å². The molecule has 0 aromatic heterocycles. The molecule has 1 N–H and O–H groups in total. The molecule has 28 heavy (non-hydrogen) atoms. The van der Waals surface area contributed by atoms with E-state index in [1.54, 1.807) is 7.11 Å². The summed E-state index contributed by atoms with van der Waals surface area (Å²) in [5.74, 6) is 1.57. The van der Waals surface area contributed by atoms with Crippen LogP contribution in [0.5, 0.6) is 11.5 Å². The topological polar surface area (TPSA) is 76.1 Å². The van der Waals surface area contributed by atoms with Crippen LogP contribution in [0.25, 0.3) is 0 Å². The molecule has 2 aliphatic heterocycles. The number of Topliss-reactive ketones (excluding diaryl/α,β-unsaturated/α-hetero) is 1. The first-order chi connectivity index (χ1) is 13.5. The van der Waals surface area contributed by atoms with Crippen LogP contribution in [0.15, 0.2) is 12.1 Å². The second-order valence-corrected chi connectivity index (χ2v) is 9.12. The Hall–Kier alpha value is -2.08. The molecule has 0 radical (unpaired) electrons. The number of ether oxygens (including phenoxy) is 2. The van der Waals surface area contributed by atoms with Gasteiger partial charge < -0.3 is 19.5 Å². The van der Waals surface area contributed by atoms with Gasteiger partial charge in [-0.25, -0.2) is 0 Å². The number of carbonyl (C=O) groups excluding carboxylic acids is 2. The number of aliphatic hydroxyl groups is 1. The van der Waals surface area contributed by atoms with Crippen molar-refractivity contribution in [1.29, 1.82) is 0 Å². The van der Waals surface area contributed by atoms with Crippen molar-refractivity contribution in [2.24, 2.45) is 5.92 Å². The van der Waals surface area contributed by atoms with E-state index in [1.165, 1.54) is 0 Å². The minimum absolute atomic E-state index is 0.0493. The Morgan fingerprint density at radius 3 is 2.86 bits per heavy atom. The number of ketones is 1. The highest BCUT2D eigenvalue weighted by Gasteiger charge is 2.73. The summed E-state index contributed by atoms with van der Waals surface area (Å²) < 4.78 is 11.7. The van der Waals surface area contributed by atoms with E-state index in [4.69, 9.17) is 9.47 Å². The van der Waals surface area contributed by atoms with Crippen LogP contribution < -0.4 is 9.47 Å². The highest BCUT2D eigenvalue weighted by molar-refractivity contribution is 5.90. The van der Waals surface area contributed by atoms with Crippen LogP contribution in [0, 0.1) is 5.92 Å². The molecule has 1 unspecified atom stereocenters. The lowest BCUT2D eigenvalue weighted by molar-refractivity contribution is -0.195. The summed E-state index contributed by atoms with van der Waals surface area (Å²) in [5, 5.41) is 12.1. The first-order valence-electron chi connectivity index (χ1n) is 10.4. The van der Waals surface area contributed by atoms with Crippen molar-refractivity contribution in [2.45, 2.75) is 68.1 Å². The molecule has 3 fully saturated rings. The zero-order valence-electron chi connectivity index (χ0n) is 16.1. The Morgan fingerprint density at radius 1 is 1.32 bits per heavy atom. The lowest BCUT2D eigenvalue weighted by Gasteiger charge is -2.62. The van der Waals surface area contributed by atoms with E-state index in [2.05, 4.69) is 0 Å². The SMILES string of the molecule is COc1ccc2c3c1O[C@@H]1C(=O)CC[C@]4(O)[C@H](C2)N(C(=O)C2CCC2)CCC314. The van der Waals surface area contributed by atoms with Crippen molar-refractivity contribution in [3.63, 3.8) is 0 Å². The van der Waals surface area contributed by atoms with E-state index in [1.807, 2.05) is 17.0 Å². The van der Waals surface area contributed by atoms with Gasteiger partial charge in [0.1, 0.15) is 0 Å². The van der Waals surface area contributed by atoms with E-state index in [-0.39, 0.29) is 30.1 Å². The molecule has 2 saturated carbocycles. The van der Waals surface area contributed by atoms with Gasteiger partial charge in [0, 0.05) is 24.4 Å². The molecule has 2 heterocycles. The molecule has 1 aromatic rings. The van der Waals surface area contributed by atoms with E-state index >= 15 is 0 Å². The Kier molecular flexibility index (Phi) is 3.18. The fourth-order valence-electron chi connectivity index (χ4n) is 6.63. The van der Waals surface area contributed by atoms with Gasteiger partial charge in [0.25, 0.3) is 0 Å². The molecular formula is C22H25NO5. The second-order valence-electron chi connectivity index (χ2n) is 9.12. The van der Waals surface area contributed by atoms with Crippen LogP contribution in [-0.2, 0) is 21.4 Å². The quantitative estimate of drug-likeness (QED) is 0.842. The van der Waals surface area contributed by atoms with Crippen molar-refractivity contribution in [2.75, 3.05) is 13.7 Å². The number of hydrogen-bond acceptors (Lipinski definition) is 5. The number of carbonyl (C=O) groups is 2. The van der Waals surface area contributed by atoms with Gasteiger partial charge in [-0.15, -0.1) is 0 Å². The molecule has 5 aliphatic rings. The molecule has 4 atom stereocenters. The first-order valence-corrected chi connectivity index (χ1v) is 10.4. The molecular weight excluding hydrogens is 358 g/mol. The summed E-state index contributed by atoms with van der Waals surface area (Å²) >= 11 is 0. The van der Waals surface area contributed by atoms with Crippen molar-refractivity contribution in [1.82, 2.24) is 4.90 Å². The summed E-state index contributed by atoms with van der Waals surface area (Å²) in [6, 6.07) is 3.61. The van der Waals surface area contributed by atoms with E-state index < -0.39 is 17.1 Å². The average molecular weight is 383 g/mol. The Balaban J connectivity index is 1.55. The highest BCUT2D eigenvalue weighted by atomic mass is 16.5. The van der Waals surface area contributed by atoms with E-state index in [9.17, 15) is 14.7 Å². The predicted molar refractivity (Wildman–Crippen MR) is 99.4 cm³/mol. The highest BCUT2D eigenvalue weighted by Crippen LogP contribution is 2.65. The lowest BCUT2D eigenvalue weighted by atomic mass is 9.49. The molecule has 3 aliphatic carbocycles. The fourth-order valence-corrected chi connectivity index (χ4v) is 6.63. The van der Waals surface area contributed by atoms with Crippen LogP contribution in [0.2, 0.25) is 0 Å². The Bertz CT molecular complexity index is 908. The molecule has 1 aromatic carbocycles. The van der Waals surface area contributed by atoms with Crippen LogP contribution in [-0.4, -0.2) is 53.1 Å². The maximum absolute atomic E-state index is 13.2. The summed E-state index contributed by atoms with van der Waals surface area (Å²) in [7, 11) is 1.60. The number of piperidine rings is 1. The molecule has 2 bridgehead atoms. The molecule has 6 rings (SSSR count). The van der Waals surface area contributed by atoms with Gasteiger partial charge in [0.15, 0.2) is 23.4 Å². The minimum Gasteiger partial charge on any atom is -0.493 e. The molecule has 1 saturated heterocycles. The predicted octanol–water partition coefficient (Wildman–Crippen LogP) is 1.75. The van der Waals surface area contributed by atoms with Gasteiger partial charge in [0.05, 0.1) is 24.2 Å². The first kappa shape index (κ1) is 16.8.